The van der Waals surface area contributed by atoms with Crippen LogP contribution in [-0.2, 0) is 0 Å². The van der Waals surface area contributed by atoms with Crippen molar-refractivity contribution in [2.45, 2.75) is 33.1 Å². The van der Waals surface area contributed by atoms with Crippen molar-refractivity contribution in [3.8, 4) is 0 Å². The molecular formula is C9H16N2S. The van der Waals surface area contributed by atoms with E-state index in [4.69, 9.17) is 0 Å². The van der Waals surface area contributed by atoms with Gasteiger partial charge in [0, 0.05) is 18.0 Å². The Morgan fingerprint density at radius 2 is 2.25 bits per heavy atom. The van der Waals surface area contributed by atoms with Crippen LogP contribution in [0.2, 0.25) is 0 Å². The van der Waals surface area contributed by atoms with Crippen molar-refractivity contribution in [3.63, 3.8) is 0 Å². The van der Waals surface area contributed by atoms with E-state index in [-0.39, 0.29) is 0 Å². The maximum atomic E-state index is 4.42. The second-order valence-electron chi connectivity index (χ2n) is 3.25. The van der Waals surface area contributed by atoms with Gasteiger partial charge in [0.25, 0.3) is 0 Å². The summed E-state index contributed by atoms with van der Waals surface area (Å²) in [6.45, 7) is 5.08. The Labute approximate surface area is 79.7 Å². The lowest BCUT2D eigenvalue weighted by Crippen LogP contribution is -2.23. The average molecular weight is 184 g/mol. The molecule has 3 heteroatoms. The molecule has 0 atom stereocenters. The van der Waals surface area contributed by atoms with E-state index in [0.29, 0.717) is 0 Å². The van der Waals surface area contributed by atoms with Crippen molar-refractivity contribution in [1.82, 2.24) is 5.01 Å². The van der Waals surface area contributed by atoms with Gasteiger partial charge in [-0.1, -0.05) is 0 Å². The molecule has 1 saturated heterocycles. The lowest BCUT2D eigenvalue weighted by atomic mass is 10.1. The first-order valence-electron chi connectivity index (χ1n) is 4.36. The van der Waals surface area contributed by atoms with E-state index < -0.39 is 0 Å². The van der Waals surface area contributed by atoms with Gasteiger partial charge in [0.2, 0.25) is 0 Å². The van der Waals surface area contributed by atoms with Crippen LogP contribution >= 0.6 is 12.6 Å². The van der Waals surface area contributed by atoms with E-state index in [0.717, 1.165) is 18.7 Å². The van der Waals surface area contributed by atoms with Crippen LogP contribution in [0, 0.1) is 0 Å². The van der Waals surface area contributed by atoms with Gasteiger partial charge in [-0.2, -0.15) is 5.10 Å². The normalized spacial score (nSPS) is 21.2. The molecule has 2 nitrogen and oxygen atoms in total. The highest BCUT2D eigenvalue weighted by Crippen LogP contribution is 2.21. The molecule has 0 amide bonds. The lowest BCUT2D eigenvalue weighted by molar-refractivity contribution is 0.304. The Balaban J connectivity index is 2.66. The number of rotatable bonds is 1. The van der Waals surface area contributed by atoms with Crippen LogP contribution in [0.5, 0.6) is 0 Å². The predicted octanol–water partition coefficient (Wildman–Crippen LogP) is 2.64. The highest BCUT2D eigenvalue weighted by molar-refractivity contribution is 7.83. The summed E-state index contributed by atoms with van der Waals surface area (Å²) in [7, 11) is 0. The SMILES string of the molecule is CC(C)=NN1CCCC/C1=C\S. The Kier molecular flexibility index (Phi) is 3.66. The summed E-state index contributed by atoms with van der Waals surface area (Å²) in [5, 5.41) is 8.35. The fourth-order valence-corrected chi connectivity index (χ4v) is 1.59. The Hall–Kier alpha value is -0.440. The van der Waals surface area contributed by atoms with Crippen molar-refractivity contribution in [2.75, 3.05) is 6.54 Å². The molecule has 0 bridgehead atoms. The smallest absolute Gasteiger partial charge is 0.0428 e. The Morgan fingerprint density at radius 1 is 1.50 bits per heavy atom. The molecule has 68 valence electrons. The first-order valence-corrected chi connectivity index (χ1v) is 4.88. The minimum Gasteiger partial charge on any atom is -0.269 e. The Bertz CT molecular complexity index is 205. The number of thiol groups is 1. The molecule has 1 heterocycles. The molecule has 0 aromatic carbocycles. The molecule has 1 fully saturated rings. The van der Waals surface area contributed by atoms with Crippen LogP contribution < -0.4 is 0 Å². The van der Waals surface area contributed by atoms with Crippen LogP contribution in [-0.4, -0.2) is 17.3 Å². The number of nitrogens with zero attached hydrogens (tertiary/aromatic N) is 2. The molecule has 0 aromatic heterocycles. The standard InChI is InChI=1S/C9H16N2S/c1-8(2)10-11-6-4-3-5-9(11)7-12/h7,12H,3-6H2,1-2H3/b9-7+. The molecule has 1 aliphatic rings. The summed E-state index contributed by atoms with van der Waals surface area (Å²) in [4.78, 5) is 0. The second-order valence-corrected chi connectivity index (χ2v) is 3.51. The van der Waals surface area contributed by atoms with E-state index in [2.05, 4.69) is 22.7 Å². The van der Waals surface area contributed by atoms with E-state index in [1.807, 2.05) is 19.3 Å². The van der Waals surface area contributed by atoms with E-state index in [9.17, 15) is 0 Å². The van der Waals surface area contributed by atoms with Crippen molar-refractivity contribution >= 4 is 18.3 Å². The summed E-state index contributed by atoms with van der Waals surface area (Å²) in [5.41, 5.74) is 2.34. The van der Waals surface area contributed by atoms with Gasteiger partial charge in [-0.15, -0.1) is 12.6 Å². The van der Waals surface area contributed by atoms with Crippen LogP contribution in [0.25, 0.3) is 0 Å². The van der Waals surface area contributed by atoms with Gasteiger partial charge < -0.3 is 0 Å². The summed E-state index contributed by atoms with van der Waals surface area (Å²) in [5.74, 6) is 0. The maximum absolute atomic E-state index is 4.42. The summed E-state index contributed by atoms with van der Waals surface area (Å²) < 4.78 is 0. The van der Waals surface area contributed by atoms with Gasteiger partial charge in [-0.05, 0) is 38.5 Å². The number of hydrazone groups is 1. The van der Waals surface area contributed by atoms with Gasteiger partial charge >= 0.3 is 0 Å². The molecule has 12 heavy (non-hydrogen) atoms. The van der Waals surface area contributed by atoms with Crippen LogP contribution in [0.3, 0.4) is 0 Å². The van der Waals surface area contributed by atoms with E-state index in [1.54, 1.807) is 0 Å². The first-order chi connectivity index (χ1) is 5.74. The molecule has 0 unspecified atom stereocenters. The monoisotopic (exact) mass is 184 g/mol. The summed E-state index contributed by atoms with van der Waals surface area (Å²) >= 11 is 4.17. The first kappa shape index (κ1) is 9.65. The van der Waals surface area contributed by atoms with Crippen molar-refractivity contribution in [1.29, 1.82) is 0 Å². The third kappa shape index (κ3) is 2.55. The van der Waals surface area contributed by atoms with Gasteiger partial charge in [-0.3, -0.25) is 5.01 Å². The van der Waals surface area contributed by atoms with Gasteiger partial charge in [0.15, 0.2) is 0 Å². The van der Waals surface area contributed by atoms with E-state index in [1.165, 1.54) is 18.5 Å². The predicted molar refractivity (Wildman–Crippen MR) is 56.4 cm³/mol. The lowest BCUT2D eigenvalue weighted by Gasteiger charge is -2.26. The molecule has 0 N–H and O–H groups in total. The zero-order chi connectivity index (χ0) is 8.97. The molecule has 1 aliphatic heterocycles. The fraction of sp³-hybridized carbons (Fsp3) is 0.667. The van der Waals surface area contributed by atoms with Gasteiger partial charge in [0.05, 0.1) is 0 Å². The van der Waals surface area contributed by atoms with Crippen LogP contribution in [0.1, 0.15) is 33.1 Å². The molecule has 0 aromatic rings. The zero-order valence-electron chi connectivity index (χ0n) is 7.75. The molecule has 1 rings (SSSR count). The van der Waals surface area contributed by atoms with Gasteiger partial charge in [-0.25, -0.2) is 0 Å². The molecule has 0 saturated carbocycles. The minimum absolute atomic E-state index is 1.04. The summed E-state index contributed by atoms with van der Waals surface area (Å²) in [6.07, 6.45) is 3.61. The Morgan fingerprint density at radius 3 is 2.83 bits per heavy atom. The molecule has 0 radical (unpaired) electrons. The van der Waals surface area contributed by atoms with Gasteiger partial charge in [0.1, 0.15) is 0 Å². The third-order valence-corrected chi connectivity index (χ3v) is 2.15. The zero-order valence-corrected chi connectivity index (χ0v) is 8.64. The molecule has 0 aliphatic carbocycles. The fourth-order valence-electron chi connectivity index (χ4n) is 1.33. The number of hydrogen-bond acceptors (Lipinski definition) is 3. The minimum atomic E-state index is 1.04. The number of allylic oxidation sites excluding steroid dienone is 1. The third-order valence-electron chi connectivity index (χ3n) is 1.85. The quantitative estimate of drug-likeness (QED) is 0.489. The number of piperidine rings is 1. The van der Waals surface area contributed by atoms with Crippen molar-refractivity contribution in [2.24, 2.45) is 5.10 Å². The molecule has 0 spiro atoms. The van der Waals surface area contributed by atoms with Crippen molar-refractivity contribution in [3.05, 3.63) is 11.1 Å². The average Bonchev–Trinajstić information content (AvgIpc) is 2.04. The van der Waals surface area contributed by atoms with E-state index >= 15 is 0 Å². The van der Waals surface area contributed by atoms with Crippen LogP contribution in [0.15, 0.2) is 16.2 Å². The van der Waals surface area contributed by atoms with Crippen molar-refractivity contribution < 1.29 is 0 Å². The maximum Gasteiger partial charge on any atom is 0.0428 e. The number of hydrogen-bond donors (Lipinski definition) is 1. The topological polar surface area (TPSA) is 15.6 Å². The summed E-state index contributed by atoms with van der Waals surface area (Å²) in [6, 6.07) is 0. The molecular weight excluding hydrogens is 168 g/mol. The largest absolute Gasteiger partial charge is 0.269 e. The highest BCUT2D eigenvalue weighted by atomic mass is 32.1. The highest BCUT2D eigenvalue weighted by Gasteiger charge is 2.12. The second kappa shape index (κ2) is 4.55. The van der Waals surface area contributed by atoms with Crippen LogP contribution in [0.4, 0.5) is 0 Å².